The number of hydrogen-bond donors (Lipinski definition) is 1. The highest BCUT2D eigenvalue weighted by Gasteiger charge is 2.34. The number of carbonyl (C=O) groups is 1. The number of pyridine rings is 2. The summed E-state index contributed by atoms with van der Waals surface area (Å²) in [5, 5.41) is 1.84. The number of amides is 1. The van der Waals surface area contributed by atoms with Crippen molar-refractivity contribution in [1.29, 1.82) is 0 Å². The van der Waals surface area contributed by atoms with E-state index in [-0.39, 0.29) is 11.9 Å². The van der Waals surface area contributed by atoms with E-state index >= 15 is 0 Å². The summed E-state index contributed by atoms with van der Waals surface area (Å²) in [4.78, 5) is 21.3. The first-order valence-electron chi connectivity index (χ1n) is 9.81. The molecule has 1 N–H and O–H groups in total. The van der Waals surface area contributed by atoms with Crippen molar-refractivity contribution in [1.82, 2.24) is 20.4 Å². The first-order chi connectivity index (χ1) is 12.9. The fraction of sp³-hybridized carbons (Fsp3) is 0.500. The van der Waals surface area contributed by atoms with Crippen LogP contribution in [-0.2, 0) is 6.54 Å². The topological polar surface area (TPSA) is 58.1 Å². The Kier molecular flexibility index (Phi) is 6.22. The number of nitrogens with zero attached hydrogens (tertiary/aromatic N) is 3. The van der Waals surface area contributed by atoms with Gasteiger partial charge in [0.1, 0.15) is 0 Å². The summed E-state index contributed by atoms with van der Waals surface area (Å²) < 4.78 is 0. The SMILES string of the molecule is CC(C)(C)C1CCC(N(NCc2ccncc2)C(=O)c2cccnc2)CC1. The van der Waals surface area contributed by atoms with Crippen LogP contribution in [0, 0.1) is 11.3 Å². The summed E-state index contributed by atoms with van der Waals surface area (Å²) in [6.07, 6.45) is 11.3. The van der Waals surface area contributed by atoms with Crippen LogP contribution in [0.3, 0.4) is 0 Å². The van der Waals surface area contributed by atoms with Crippen LogP contribution in [0.25, 0.3) is 0 Å². The van der Waals surface area contributed by atoms with Gasteiger partial charge < -0.3 is 0 Å². The van der Waals surface area contributed by atoms with Gasteiger partial charge in [-0.25, -0.2) is 5.43 Å². The fourth-order valence-electron chi connectivity index (χ4n) is 3.87. The maximum absolute atomic E-state index is 13.2. The van der Waals surface area contributed by atoms with E-state index in [9.17, 15) is 4.79 Å². The van der Waals surface area contributed by atoms with Gasteiger partial charge in [0, 0.05) is 37.4 Å². The van der Waals surface area contributed by atoms with Gasteiger partial charge in [-0.1, -0.05) is 20.8 Å². The Bertz CT molecular complexity index is 719. The summed E-state index contributed by atoms with van der Waals surface area (Å²) >= 11 is 0. The van der Waals surface area contributed by atoms with Crippen molar-refractivity contribution in [3.63, 3.8) is 0 Å². The fourth-order valence-corrected chi connectivity index (χ4v) is 3.87. The zero-order chi connectivity index (χ0) is 19.3. The van der Waals surface area contributed by atoms with Crippen LogP contribution in [-0.4, -0.2) is 26.9 Å². The summed E-state index contributed by atoms with van der Waals surface area (Å²) in [6.45, 7) is 7.56. The molecule has 2 aromatic rings. The minimum Gasteiger partial charge on any atom is -0.270 e. The second kappa shape index (κ2) is 8.61. The lowest BCUT2D eigenvalue weighted by Gasteiger charge is -2.41. The van der Waals surface area contributed by atoms with E-state index in [1.165, 1.54) is 0 Å². The van der Waals surface area contributed by atoms with Gasteiger partial charge in [0.15, 0.2) is 0 Å². The normalized spacial score (nSPS) is 20.3. The van der Waals surface area contributed by atoms with Gasteiger partial charge in [-0.3, -0.25) is 19.8 Å². The number of rotatable bonds is 5. The van der Waals surface area contributed by atoms with E-state index < -0.39 is 0 Å². The average Bonchev–Trinajstić information content (AvgIpc) is 2.69. The second-order valence-electron chi connectivity index (χ2n) is 8.48. The van der Waals surface area contributed by atoms with Gasteiger partial charge in [-0.15, -0.1) is 0 Å². The summed E-state index contributed by atoms with van der Waals surface area (Å²) in [6, 6.07) is 7.78. The van der Waals surface area contributed by atoms with Crippen LogP contribution < -0.4 is 5.43 Å². The molecule has 27 heavy (non-hydrogen) atoms. The van der Waals surface area contributed by atoms with Crippen molar-refractivity contribution in [2.75, 3.05) is 0 Å². The van der Waals surface area contributed by atoms with Gasteiger partial charge in [-0.2, -0.15) is 0 Å². The van der Waals surface area contributed by atoms with E-state index in [0.29, 0.717) is 23.4 Å². The largest absolute Gasteiger partial charge is 0.270 e. The molecular formula is C22H30N4O. The van der Waals surface area contributed by atoms with Crippen molar-refractivity contribution in [2.45, 2.75) is 59.0 Å². The Morgan fingerprint density at radius 2 is 1.78 bits per heavy atom. The predicted octanol–water partition coefficient (Wildman–Crippen LogP) is 4.23. The Balaban J connectivity index is 1.72. The second-order valence-corrected chi connectivity index (χ2v) is 8.48. The molecule has 2 aromatic heterocycles. The summed E-state index contributed by atoms with van der Waals surface area (Å²) in [5.74, 6) is 0.709. The molecule has 0 unspecified atom stereocenters. The lowest BCUT2D eigenvalue weighted by atomic mass is 9.71. The Hall–Kier alpha value is -2.27. The number of hydrogen-bond acceptors (Lipinski definition) is 4. The quantitative estimate of drug-likeness (QED) is 0.805. The molecule has 0 spiro atoms. The molecule has 1 amide bonds. The summed E-state index contributed by atoms with van der Waals surface area (Å²) in [5.41, 5.74) is 5.44. The van der Waals surface area contributed by atoms with E-state index in [2.05, 4.69) is 36.2 Å². The lowest BCUT2D eigenvalue weighted by molar-refractivity contribution is 0.0374. The van der Waals surface area contributed by atoms with Crippen LogP contribution in [0.5, 0.6) is 0 Å². The van der Waals surface area contributed by atoms with Crippen LogP contribution in [0.2, 0.25) is 0 Å². The van der Waals surface area contributed by atoms with E-state index in [4.69, 9.17) is 0 Å². The summed E-state index contributed by atoms with van der Waals surface area (Å²) in [7, 11) is 0. The molecule has 1 fully saturated rings. The standard InChI is InChI=1S/C22H30N4O/c1-22(2,3)19-6-8-20(9-7-19)26(21(27)18-5-4-12-24-16-18)25-15-17-10-13-23-14-11-17/h4-5,10-14,16,19-20,25H,6-9,15H2,1-3H3. The molecule has 3 rings (SSSR count). The Labute approximate surface area is 162 Å². The molecule has 0 bridgehead atoms. The molecule has 1 aliphatic rings. The van der Waals surface area contributed by atoms with Crippen LogP contribution in [0.4, 0.5) is 0 Å². The maximum atomic E-state index is 13.2. The van der Waals surface area contributed by atoms with Gasteiger partial charge in [-0.05, 0) is 66.8 Å². The first-order valence-corrected chi connectivity index (χ1v) is 9.81. The molecule has 5 nitrogen and oxygen atoms in total. The maximum Gasteiger partial charge on any atom is 0.269 e. The van der Waals surface area contributed by atoms with E-state index in [1.54, 1.807) is 24.8 Å². The minimum absolute atomic E-state index is 0.00337. The average molecular weight is 367 g/mol. The molecule has 0 aliphatic heterocycles. The minimum atomic E-state index is -0.00337. The van der Waals surface area contributed by atoms with Crippen molar-refractivity contribution in [3.8, 4) is 0 Å². The lowest BCUT2D eigenvalue weighted by Crippen LogP contribution is -2.51. The number of carbonyl (C=O) groups excluding carboxylic acids is 1. The number of aromatic nitrogens is 2. The number of hydrazine groups is 1. The highest BCUT2D eigenvalue weighted by atomic mass is 16.2. The molecular weight excluding hydrogens is 336 g/mol. The monoisotopic (exact) mass is 366 g/mol. The van der Waals surface area contributed by atoms with E-state index in [1.807, 2.05) is 29.3 Å². The van der Waals surface area contributed by atoms with Crippen LogP contribution >= 0.6 is 0 Å². The van der Waals surface area contributed by atoms with Gasteiger partial charge in [0.05, 0.1) is 5.56 Å². The van der Waals surface area contributed by atoms with Crippen molar-refractivity contribution in [3.05, 3.63) is 60.2 Å². The molecule has 1 aliphatic carbocycles. The first kappa shape index (κ1) is 19.5. The highest BCUT2D eigenvalue weighted by Crippen LogP contribution is 2.39. The van der Waals surface area contributed by atoms with Crippen molar-refractivity contribution in [2.24, 2.45) is 11.3 Å². The molecule has 144 valence electrons. The highest BCUT2D eigenvalue weighted by molar-refractivity contribution is 5.93. The molecule has 0 radical (unpaired) electrons. The van der Waals surface area contributed by atoms with Gasteiger partial charge in [0.25, 0.3) is 5.91 Å². The molecule has 0 saturated heterocycles. The van der Waals surface area contributed by atoms with Gasteiger partial charge >= 0.3 is 0 Å². The number of nitrogens with one attached hydrogen (secondary N) is 1. The molecule has 0 atom stereocenters. The third-order valence-electron chi connectivity index (χ3n) is 5.62. The molecule has 5 heteroatoms. The smallest absolute Gasteiger partial charge is 0.269 e. The third-order valence-corrected chi connectivity index (χ3v) is 5.62. The van der Waals surface area contributed by atoms with Crippen LogP contribution in [0.15, 0.2) is 49.1 Å². The Morgan fingerprint density at radius 1 is 1.07 bits per heavy atom. The van der Waals surface area contributed by atoms with Gasteiger partial charge in [0.2, 0.25) is 0 Å². The molecule has 0 aromatic carbocycles. The zero-order valence-electron chi connectivity index (χ0n) is 16.6. The Morgan fingerprint density at radius 3 is 2.37 bits per heavy atom. The molecule has 2 heterocycles. The predicted molar refractivity (Wildman–Crippen MR) is 107 cm³/mol. The van der Waals surface area contributed by atoms with Crippen molar-refractivity contribution >= 4 is 5.91 Å². The van der Waals surface area contributed by atoms with Crippen LogP contribution in [0.1, 0.15) is 62.4 Å². The third kappa shape index (κ3) is 5.13. The van der Waals surface area contributed by atoms with E-state index in [0.717, 1.165) is 31.2 Å². The zero-order valence-corrected chi connectivity index (χ0v) is 16.6. The van der Waals surface area contributed by atoms with Crippen molar-refractivity contribution < 1.29 is 4.79 Å². The molecule has 1 saturated carbocycles.